The lowest BCUT2D eigenvalue weighted by molar-refractivity contribution is -0.125. The second-order valence-corrected chi connectivity index (χ2v) is 4.51. The number of carbonyl (C=O) groups excluding carboxylic acids is 1. The number of nitrogens with one attached hydrogen (secondary N) is 1. The van der Waals surface area contributed by atoms with Crippen LogP contribution in [0.2, 0.25) is 0 Å². The molecule has 0 radical (unpaired) electrons. The summed E-state index contributed by atoms with van der Waals surface area (Å²) in [6.45, 7) is 0.531. The Bertz CT molecular complexity index is 440. The van der Waals surface area contributed by atoms with Crippen LogP contribution in [0.3, 0.4) is 0 Å². The highest BCUT2D eigenvalue weighted by molar-refractivity contribution is 5.79. The van der Waals surface area contributed by atoms with Crippen molar-refractivity contribution in [2.45, 2.75) is 25.8 Å². The van der Waals surface area contributed by atoms with Gasteiger partial charge in [-0.3, -0.25) is 4.79 Å². The van der Waals surface area contributed by atoms with E-state index in [0.29, 0.717) is 6.54 Å². The highest BCUT2D eigenvalue weighted by atomic mass is 16.5. The van der Waals surface area contributed by atoms with Crippen LogP contribution in [0.5, 0.6) is 5.75 Å². The van der Waals surface area contributed by atoms with Gasteiger partial charge in [-0.2, -0.15) is 0 Å². The highest BCUT2D eigenvalue weighted by Gasteiger charge is 2.18. The van der Waals surface area contributed by atoms with Crippen molar-refractivity contribution in [3.05, 3.63) is 42.0 Å². The lowest BCUT2D eigenvalue weighted by atomic mass is 9.93. The zero-order valence-corrected chi connectivity index (χ0v) is 10.7. The average molecular weight is 245 g/mol. The number of methoxy groups -OCH3 is 1. The lowest BCUT2D eigenvalue weighted by Gasteiger charge is -2.17. The zero-order valence-electron chi connectivity index (χ0n) is 10.7. The first kappa shape index (κ1) is 12.7. The molecule has 1 N–H and O–H groups in total. The molecule has 0 saturated carbocycles. The highest BCUT2D eigenvalue weighted by Crippen LogP contribution is 2.20. The lowest BCUT2D eigenvalue weighted by Crippen LogP contribution is -2.30. The fraction of sp³-hybridized carbons (Fsp3) is 0.400. The number of rotatable bonds is 4. The summed E-state index contributed by atoms with van der Waals surface area (Å²) >= 11 is 0. The maximum Gasteiger partial charge on any atom is 0.223 e. The van der Waals surface area contributed by atoms with Crippen molar-refractivity contribution in [1.82, 2.24) is 5.32 Å². The van der Waals surface area contributed by atoms with Crippen LogP contribution in [0.15, 0.2) is 36.4 Å². The average Bonchev–Trinajstić information content (AvgIpc) is 2.46. The van der Waals surface area contributed by atoms with Crippen molar-refractivity contribution in [2.75, 3.05) is 7.11 Å². The molecule has 1 aliphatic rings. The fourth-order valence-corrected chi connectivity index (χ4v) is 2.21. The molecule has 1 aromatic carbocycles. The molecule has 18 heavy (non-hydrogen) atoms. The summed E-state index contributed by atoms with van der Waals surface area (Å²) in [6.07, 6.45) is 7.06. The van der Waals surface area contributed by atoms with E-state index in [4.69, 9.17) is 4.74 Å². The van der Waals surface area contributed by atoms with Crippen LogP contribution in [-0.4, -0.2) is 13.0 Å². The van der Waals surface area contributed by atoms with Crippen LogP contribution < -0.4 is 10.1 Å². The molecule has 0 fully saturated rings. The van der Waals surface area contributed by atoms with Gasteiger partial charge in [-0.15, -0.1) is 0 Å². The van der Waals surface area contributed by atoms with E-state index >= 15 is 0 Å². The molecule has 0 spiro atoms. The molecule has 3 heteroatoms. The number of ether oxygens (including phenoxy) is 1. The molecule has 0 aliphatic heterocycles. The number of hydrogen-bond donors (Lipinski definition) is 1. The van der Waals surface area contributed by atoms with E-state index in [1.54, 1.807) is 7.11 Å². The van der Waals surface area contributed by atoms with Gasteiger partial charge in [-0.05, 0) is 25.3 Å². The third-order valence-corrected chi connectivity index (χ3v) is 3.29. The SMILES string of the molecule is COc1ccccc1CNC(=O)[C@@H]1CC=CCC1. The summed E-state index contributed by atoms with van der Waals surface area (Å²) in [5, 5.41) is 2.99. The van der Waals surface area contributed by atoms with E-state index in [1.165, 1.54) is 0 Å². The second kappa shape index (κ2) is 6.24. The number of para-hydroxylation sites is 1. The summed E-state index contributed by atoms with van der Waals surface area (Å²) in [4.78, 5) is 12.0. The molecular formula is C15H19NO2. The van der Waals surface area contributed by atoms with E-state index < -0.39 is 0 Å². The van der Waals surface area contributed by atoms with Gasteiger partial charge in [0.2, 0.25) is 5.91 Å². The molecule has 1 amide bonds. The van der Waals surface area contributed by atoms with Gasteiger partial charge in [0.1, 0.15) is 5.75 Å². The van der Waals surface area contributed by atoms with Gasteiger partial charge in [0.25, 0.3) is 0 Å². The molecule has 0 unspecified atom stereocenters. The van der Waals surface area contributed by atoms with Gasteiger partial charge < -0.3 is 10.1 Å². The number of benzene rings is 1. The summed E-state index contributed by atoms with van der Waals surface area (Å²) in [5.74, 6) is 1.09. The smallest absolute Gasteiger partial charge is 0.223 e. The van der Waals surface area contributed by atoms with E-state index in [2.05, 4.69) is 17.5 Å². The van der Waals surface area contributed by atoms with Crippen LogP contribution in [0.4, 0.5) is 0 Å². The summed E-state index contributed by atoms with van der Waals surface area (Å²) in [7, 11) is 1.65. The molecule has 3 nitrogen and oxygen atoms in total. The van der Waals surface area contributed by atoms with Crippen LogP contribution in [-0.2, 0) is 11.3 Å². The Kier molecular flexibility index (Phi) is 4.40. The molecule has 2 rings (SSSR count). The monoisotopic (exact) mass is 245 g/mol. The first-order valence-corrected chi connectivity index (χ1v) is 6.36. The number of amides is 1. The predicted octanol–water partition coefficient (Wildman–Crippen LogP) is 2.67. The first-order valence-electron chi connectivity index (χ1n) is 6.36. The minimum absolute atomic E-state index is 0.129. The van der Waals surface area contributed by atoms with E-state index in [-0.39, 0.29) is 11.8 Å². The van der Waals surface area contributed by atoms with Crippen molar-refractivity contribution in [2.24, 2.45) is 5.92 Å². The maximum absolute atomic E-state index is 12.0. The largest absolute Gasteiger partial charge is 0.496 e. The van der Waals surface area contributed by atoms with E-state index in [1.807, 2.05) is 24.3 Å². The van der Waals surface area contributed by atoms with Crippen molar-refractivity contribution in [3.63, 3.8) is 0 Å². The van der Waals surface area contributed by atoms with Crippen LogP contribution in [0.25, 0.3) is 0 Å². The van der Waals surface area contributed by atoms with Gasteiger partial charge >= 0.3 is 0 Å². The second-order valence-electron chi connectivity index (χ2n) is 4.51. The third-order valence-electron chi connectivity index (χ3n) is 3.29. The fourth-order valence-electron chi connectivity index (χ4n) is 2.21. The Morgan fingerprint density at radius 2 is 2.22 bits per heavy atom. The van der Waals surface area contributed by atoms with Gasteiger partial charge in [-0.25, -0.2) is 0 Å². The molecule has 1 atom stereocenters. The van der Waals surface area contributed by atoms with Crippen LogP contribution in [0, 0.1) is 5.92 Å². The van der Waals surface area contributed by atoms with Gasteiger partial charge in [0, 0.05) is 18.0 Å². The third kappa shape index (κ3) is 3.13. The van der Waals surface area contributed by atoms with Crippen molar-refractivity contribution >= 4 is 5.91 Å². The van der Waals surface area contributed by atoms with Gasteiger partial charge in [0.05, 0.1) is 7.11 Å². The first-order chi connectivity index (χ1) is 8.81. The zero-order chi connectivity index (χ0) is 12.8. The Balaban J connectivity index is 1.90. The predicted molar refractivity (Wildman–Crippen MR) is 71.3 cm³/mol. The molecule has 0 aromatic heterocycles. The summed E-state index contributed by atoms with van der Waals surface area (Å²) in [5.41, 5.74) is 1.01. The maximum atomic E-state index is 12.0. The van der Waals surface area contributed by atoms with Crippen molar-refractivity contribution < 1.29 is 9.53 Å². The van der Waals surface area contributed by atoms with Gasteiger partial charge in [0.15, 0.2) is 0 Å². The molecule has 0 saturated heterocycles. The Labute approximate surface area is 108 Å². The van der Waals surface area contributed by atoms with Crippen molar-refractivity contribution in [1.29, 1.82) is 0 Å². The number of carbonyl (C=O) groups is 1. The normalized spacial score (nSPS) is 18.4. The van der Waals surface area contributed by atoms with Crippen molar-refractivity contribution in [3.8, 4) is 5.75 Å². The molecular weight excluding hydrogens is 226 g/mol. The molecule has 0 heterocycles. The van der Waals surface area contributed by atoms with Crippen LogP contribution in [0.1, 0.15) is 24.8 Å². The molecule has 1 aromatic rings. The Morgan fingerprint density at radius 3 is 2.94 bits per heavy atom. The summed E-state index contributed by atoms with van der Waals surface area (Å²) in [6, 6.07) is 7.76. The standard InChI is InChI=1S/C15H19NO2/c1-18-14-10-6-5-9-13(14)11-16-15(17)12-7-3-2-4-8-12/h2-3,5-6,9-10,12H,4,7-8,11H2,1H3,(H,16,17)/t12-/m1/s1. The minimum Gasteiger partial charge on any atom is -0.496 e. The minimum atomic E-state index is 0.129. The van der Waals surface area contributed by atoms with E-state index in [9.17, 15) is 4.79 Å². The summed E-state index contributed by atoms with van der Waals surface area (Å²) < 4.78 is 5.26. The number of allylic oxidation sites excluding steroid dienone is 2. The quantitative estimate of drug-likeness (QED) is 0.828. The number of hydrogen-bond acceptors (Lipinski definition) is 2. The molecule has 96 valence electrons. The van der Waals surface area contributed by atoms with E-state index in [0.717, 1.165) is 30.6 Å². The molecule has 1 aliphatic carbocycles. The Morgan fingerprint density at radius 1 is 1.39 bits per heavy atom. The topological polar surface area (TPSA) is 38.3 Å². The van der Waals surface area contributed by atoms with Crippen LogP contribution >= 0.6 is 0 Å². The molecule has 0 bridgehead atoms. The Hall–Kier alpha value is -1.77. The van der Waals surface area contributed by atoms with Gasteiger partial charge in [-0.1, -0.05) is 30.4 Å².